The minimum atomic E-state index is -3.55. The summed E-state index contributed by atoms with van der Waals surface area (Å²) in [6, 6.07) is 4.75. The molecule has 0 aliphatic rings. The van der Waals surface area contributed by atoms with Crippen molar-refractivity contribution in [1.82, 2.24) is 0 Å². The Morgan fingerprint density at radius 2 is 1.79 bits per heavy atom. The second-order valence-corrected chi connectivity index (χ2v) is 6.28. The fraction of sp³-hybridized carbons (Fsp3) is 0.455. The zero-order valence-electron chi connectivity index (χ0n) is 10.4. The van der Waals surface area contributed by atoms with Crippen molar-refractivity contribution in [1.29, 1.82) is 0 Å². The second-order valence-electron chi connectivity index (χ2n) is 3.62. The van der Waals surface area contributed by atoms with Gasteiger partial charge in [-0.3, -0.25) is 4.72 Å². The summed E-state index contributed by atoms with van der Waals surface area (Å²) in [5.41, 5.74) is 0.183. The number of benzene rings is 1. The molecule has 0 saturated heterocycles. The van der Waals surface area contributed by atoms with Crippen LogP contribution >= 0.6 is 23.2 Å². The maximum absolute atomic E-state index is 11.8. The van der Waals surface area contributed by atoms with Gasteiger partial charge in [-0.1, -0.05) is 29.3 Å². The normalized spacial score (nSPS) is 11.5. The van der Waals surface area contributed by atoms with Gasteiger partial charge in [0.1, 0.15) is 0 Å². The van der Waals surface area contributed by atoms with Crippen molar-refractivity contribution in [2.24, 2.45) is 0 Å². The average Bonchev–Trinajstić information content (AvgIpc) is 2.34. The van der Waals surface area contributed by atoms with Crippen molar-refractivity contribution < 1.29 is 17.9 Å². The molecular formula is C11H15Cl2NO4S. The summed E-state index contributed by atoms with van der Waals surface area (Å²) in [6.45, 7) is 0.837. The molecule has 1 N–H and O–H groups in total. The molecule has 0 amide bonds. The Labute approximate surface area is 122 Å². The van der Waals surface area contributed by atoms with Gasteiger partial charge in [0, 0.05) is 7.11 Å². The quantitative estimate of drug-likeness (QED) is 0.744. The number of ether oxygens (including phenoxy) is 2. The Morgan fingerprint density at radius 3 is 2.37 bits per heavy atom. The maximum atomic E-state index is 11.8. The van der Waals surface area contributed by atoms with Crippen LogP contribution in [0.25, 0.3) is 0 Å². The summed E-state index contributed by atoms with van der Waals surface area (Å²) in [7, 11) is -2.01. The number of hydrogen-bond acceptors (Lipinski definition) is 4. The number of sulfonamides is 1. The Balaban J connectivity index is 2.55. The fourth-order valence-electron chi connectivity index (χ4n) is 1.21. The van der Waals surface area contributed by atoms with Crippen LogP contribution in [0.4, 0.5) is 5.69 Å². The molecule has 0 spiro atoms. The molecule has 0 unspecified atom stereocenters. The molecule has 108 valence electrons. The lowest BCUT2D eigenvalue weighted by atomic mass is 10.3. The van der Waals surface area contributed by atoms with E-state index >= 15 is 0 Å². The van der Waals surface area contributed by atoms with Gasteiger partial charge >= 0.3 is 0 Å². The number of methoxy groups -OCH3 is 1. The van der Waals surface area contributed by atoms with Crippen LogP contribution in [0.15, 0.2) is 18.2 Å². The van der Waals surface area contributed by atoms with Gasteiger partial charge in [-0.25, -0.2) is 8.42 Å². The predicted molar refractivity (Wildman–Crippen MR) is 76.6 cm³/mol. The SMILES string of the molecule is COCCOCCS(=O)(=O)Nc1c(Cl)cccc1Cl. The molecule has 0 bridgehead atoms. The number of hydrogen-bond donors (Lipinski definition) is 1. The van der Waals surface area contributed by atoms with Crippen molar-refractivity contribution in [3.05, 3.63) is 28.2 Å². The van der Waals surface area contributed by atoms with Gasteiger partial charge < -0.3 is 9.47 Å². The standard InChI is InChI=1S/C11H15Cl2NO4S/c1-17-5-6-18-7-8-19(15,16)14-11-9(12)3-2-4-10(11)13/h2-4,14H,5-8H2,1H3. The van der Waals surface area contributed by atoms with E-state index in [-0.39, 0.29) is 28.1 Å². The molecule has 19 heavy (non-hydrogen) atoms. The first kappa shape index (κ1) is 16.5. The highest BCUT2D eigenvalue weighted by atomic mass is 35.5. The minimum absolute atomic E-state index is 0.0702. The van der Waals surface area contributed by atoms with E-state index < -0.39 is 10.0 Å². The number of para-hydroxylation sites is 1. The van der Waals surface area contributed by atoms with E-state index in [0.717, 1.165) is 0 Å². The molecule has 1 rings (SSSR count). The molecule has 1 aromatic carbocycles. The first-order chi connectivity index (χ1) is 8.96. The molecule has 0 fully saturated rings. The highest BCUT2D eigenvalue weighted by Gasteiger charge is 2.14. The minimum Gasteiger partial charge on any atom is -0.382 e. The highest BCUT2D eigenvalue weighted by Crippen LogP contribution is 2.30. The Morgan fingerprint density at radius 1 is 1.16 bits per heavy atom. The van der Waals surface area contributed by atoms with E-state index in [1.54, 1.807) is 25.3 Å². The third-order valence-corrected chi connectivity index (χ3v) is 4.00. The van der Waals surface area contributed by atoms with E-state index in [2.05, 4.69) is 4.72 Å². The van der Waals surface area contributed by atoms with Gasteiger partial charge in [0.15, 0.2) is 0 Å². The van der Waals surface area contributed by atoms with Gasteiger partial charge in [-0.05, 0) is 12.1 Å². The molecule has 0 heterocycles. The van der Waals surface area contributed by atoms with Gasteiger partial charge in [0.2, 0.25) is 10.0 Å². The van der Waals surface area contributed by atoms with Gasteiger partial charge in [0.05, 0.1) is 41.3 Å². The van der Waals surface area contributed by atoms with E-state index in [9.17, 15) is 8.42 Å². The topological polar surface area (TPSA) is 64.6 Å². The number of nitrogens with one attached hydrogen (secondary N) is 1. The van der Waals surface area contributed by atoms with Crippen molar-refractivity contribution in [2.75, 3.05) is 37.4 Å². The van der Waals surface area contributed by atoms with Crippen molar-refractivity contribution in [3.8, 4) is 0 Å². The van der Waals surface area contributed by atoms with Crippen LogP contribution in [0.1, 0.15) is 0 Å². The monoisotopic (exact) mass is 327 g/mol. The van der Waals surface area contributed by atoms with Crippen LogP contribution in [-0.2, 0) is 19.5 Å². The summed E-state index contributed by atoms with van der Waals surface area (Å²) in [4.78, 5) is 0. The summed E-state index contributed by atoms with van der Waals surface area (Å²) in [5, 5.41) is 0.493. The largest absolute Gasteiger partial charge is 0.382 e. The van der Waals surface area contributed by atoms with Crippen LogP contribution < -0.4 is 4.72 Å². The third-order valence-electron chi connectivity index (χ3n) is 2.15. The van der Waals surface area contributed by atoms with E-state index in [1.165, 1.54) is 0 Å². The predicted octanol–water partition coefficient (Wildman–Crippen LogP) is 2.40. The van der Waals surface area contributed by atoms with Gasteiger partial charge in [0.25, 0.3) is 0 Å². The average molecular weight is 328 g/mol. The smallest absolute Gasteiger partial charge is 0.235 e. The molecule has 0 atom stereocenters. The molecular weight excluding hydrogens is 313 g/mol. The lowest BCUT2D eigenvalue weighted by Gasteiger charge is -2.11. The van der Waals surface area contributed by atoms with Crippen molar-refractivity contribution >= 4 is 38.9 Å². The van der Waals surface area contributed by atoms with Crippen molar-refractivity contribution in [2.45, 2.75) is 0 Å². The van der Waals surface area contributed by atoms with Crippen LogP contribution in [0, 0.1) is 0 Å². The lowest BCUT2D eigenvalue weighted by Crippen LogP contribution is -2.21. The molecule has 8 heteroatoms. The van der Waals surface area contributed by atoms with Crippen LogP contribution in [0.2, 0.25) is 10.0 Å². The van der Waals surface area contributed by atoms with Gasteiger partial charge in [-0.2, -0.15) is 0 Å². The van der Waals surface area contributed by atoms with Crippen molar-refractivity contribution in [3.63, 3.8) is 0 Å². The summed E-state index contributed by atoms with van der Waals surface area (Å²) < 4.78 is 35.8. The first-order valence-electron chi connectivity index (χ1n) is 5.47. The summed E-state index contributed by atoms with van der Waals surface area (Å²) >= 11 is 11.8. The maximum Gasteiger partial charge on any atom is 0.235 e. The third kappa shape index (κ3) is 5.97. The number of rotatable bonds is 8. The Kier molecular flexibility index (Phi) is 6.88. The molecule has 0 saturated carbocycles. The highest BCUT2D eigenvalue weighted by molar-refractivity contribution is 7.92. The zero-order valence-corrected chi connectivity index (χ0v) is 12.7. The molecule has 1 aromatic rings. The summed E-state index contributed by atoms with van der Waals surface area (Å²) in [6.07, 6.45) is 0. The lowest BCUT2D eigenvalue weighted by molar-refractivity contribution is 0.0785. The number of anilines is 1. The van der Waals surface area contributed by atoms with E-state index in [4.69, 9.17) is 32.7 Å². The summed E-state index contributed by atoms with van der Waals surface area (Å²) in [5.74, 6) is -0.182. The molecule has 0 aliphatic heterocycles. The molecule has 0 aromatic heterocycles. The number of halogens is 2. The molecule has 0 aliphatic carbocycles. The van der Waals surface area contributed by atoms with E-state index in [1.807, 2.05) is 0 Å². The second kappa shape index (κ2) is 7.91. The Hall–Kier alpha value is -0.530. The van der Waals surface area contributed by atoms with Crippen LogP contribution in [0.5, 0.6) is 0 Å². The zero-order chi connectivity index (χ0) is 14.3. The first-order valence-corrected chi connectivity index (χ1v) is 7.88. The fourth-order valence-corrected chi connectivity index (χ4v) is 2.79. The molecule has 5 nitrogen and oxygen atoms in total. The van der Waals surface area contributed by atoms with E-state index in [0.29, 0.717) is 13.2 Å². The van der Waals surface area contributed by atoms with Crippen LogP contribution in [0.3, 0.4) is 0 Å². The molecule has 0 radical (unpaired) electrons. The van der Waals surface area contributed by atoms with Gasteiger partial charge in [-0.15, -0.1) is 0 Å². The van der Waals surface area contributed by atoms with Crippen LogP contribution in [-0.4, -0.2) is 41.1 Å². The Bertz CT molecular complexity index is 487.